The van der Waals surface area contributed by atoms with E-state index < -0.39 is 0 Å². The Balaban J connectivity index is 1.91. The summed E-state index contributed by atoms with van der Waals surface area (Å²) in [6.07, 6.45) is 3.80. The van der Waals surface area contributed by atoms with Gasteiger partial charge in [0.2, 0.25) is 5.91 Å². The number of rotatable bonds is 11. The Hall–Kier alpha value is -3.02. The molecule has 0 aromatic heterocycles. The number of carbonyl (C=O) groups is 2. The first-order valence-corrected chi connectivity index (χ1v) is 10.0. The van der Waals surface area contributed by atoms with Gasteiger partial charge in [0.25, 0.3) is 5.91 Å². The van der Waals surface area contributed by atoms with E-state index in [1.165, 1.54) is 0 Å². The summed E-state index contributed by atoms with van der Waals surface area (Å²) in [5.74, 6) is 0.794. The number of para-hydroxylation sites is 2. The minimum Gasteiger partial charge on any atom is -0.493 e. The maximum absolute atomic E-state index is 12.5. The van der Waals surface area contributed by atoms with Gasteiger partial charge in [-0.3, -0.25) is 9.59 Å². The van der Waals surface area contributed by atoms with Crippen molar-refractivity contribution in [2.45, 2.75) is 39.5 Å². The summed E-state index contributed by atoms with van der Waals surface area (Å²) >= 11 is 0. The smallest absolute Gasteiger partial charge is 0.262 e. The standard InChI is InChI=1S/C23H30N2O4/c1-4-6-10-17(5-2)23(27)25-19-12-9-11-18(15-19)24-22(26)16-29-21-14-8-7-13-20(21)28-3/h7-9,11-15,17H,4-6,10,16H2,1-3H3,(H,24,26)(H,25,27). The summed E-state index contributed by atoms with van der Waals surface area (Å²) in [5, 5.41) is 5.74. The maximum atomic E-state index is 12.5. The van der Waals surface area contributed by atoms with Crippen molar-refractivity contribution in [2.75, 3.05) is 24.4 Å². The first-order chi connectivity index (χ1) is 14.1. The van der Waals surface area contributed by atoms with E-state index in [1.807, 2.05) is 25.1 Å². The number of anilines is 2. The minimum absolute atomic E-state index is 0.00227. The van der Waals surface area contributed by atoms with Crippen LogP contribution in [0.3, 0.4) is 0 Å². The number of amides is 2. The molecule has 2 aromatic carbocycles. The van der Waals surface area contributed by atoms with Crippen LogP contribution in [-0.2, 0) is 9.59 Å². The summed E-state index contributed by atoms with van der Waals surface area (Å²) in [6, 6.07) is 14.3. The molecule has 2 N–H and O–H groups in total. The number of hydrogen-bond donors (Lipinski definition) is 2. The van der Waals surface area contributed by atoms with Crippen LogP contribution in [0.1, 0.15) is 39.5 Å². The molecular weight excluding hydrogens is 368 g/mol. The van der Waals surface area contributed by atoms with Gasteiger partial charge in [-0.2, -0.15) is 0 Å². The molecule has 0 aliphatic heterocycles. The van der Waals surface area contributed by atoms with Crippen LogP contribution in [-0.4, -0.2) is 25.5 Å². The lowest BCUT2D eigenvalue weighted by atomic mass is 9.98. The number of nitrogens with one attached hydrogen (secondary N) is 2. The lowest BCUT2D eigenvalue weighted by Gasteiger charge is -2.15. The Morgan fingerprint density at radius 2 is 1.66 bits per heavy atom. The number of methoxy groups -OCH3 is 1. The normalized spacial score (nSPS) is 11.4. The third-order valence-electron chi connectivity index (χ3n) is 4.61. The third-order valence-corrected chi connectivity index (χ3v) is 4.61. The summed E-state index contributed by atoms with van der Waals surface area (Å²) in [4.78, 5) is 24.7. The highest BCUT2D eigenvalue weighted by Crippen LogP contribution is 2.25. The second kappa shape index (κ2) is 11.7. The molecule has 0 saturated carbocycles. The maximum Gasteiger partial charge on any atom is 0.262 e. The molecule has 0 heterocycles. The Kier molecular flexibility index (Phi) is 9.02. The van der Waals surface area contributed by atoms with E-state index in [4.69, 9.17) is 9.47 Å². The van der Waals surface area contributed by atoms with Gasteiger partial charge in [-0.05, 0) is 43.2 Å². The fraction of sp³-hybridized carbons (Fsp3) is 0.391. The summed E-state index contributed by atoms with van der Waals surface area (Å²) in [5.41, 5.74) is 1.26. The van der Waals surface area contributed by atoms with Gasteiger partial charge in [-0.1, -0.05) is 44.9 Å². The first-order valence-electron chi connectivity index (χ1n) is 10.0. The molecule has 0 aliphatic rings. The van der Waals surface area contributed by atoms with Crippen molar-refractivity contribution >= 4 is 23.2 Å². The molecule has 0 radical (unpaired) electrons. The van der Waals surface area contributed by atoms with Crippen LogP contribution in [0.2, 0.25) is 0 Å². The van der Waals surface area contributed by atoms with Gasteiger partial charge in [-0.15, -0.1) is 0 Å². The predicted octanol–water partition coefficient (Wildman–Crippen LogP) is 4.87. The Morgan fingerprint density at radius 3 is 2.31 bits per heavy atom. The molecule has 0 bridgehead atoms. The molecule has 29 heavy (non-hydrogen) atoms. The average molecular weight is 399 g/mol. The monoisotopic (exact) mass is 398 g/mol. The largest absolute Gasteiger partial charge is 0.493 e. The third kappa shape index (κ3) is 7.14. The highest BCUT2D eigenvalue weighted by molar-refractivity contribution is 5.95. The van der Waals surface area contributed by atoms with Gasteiger partial charge in [0.15, 0.2) is 18.1 Å². The lowest BCUT2D eigenvalue weighted by molar-refractivity contribution is -0.120. The van der Waals surface area contributed by atoms with Gasteiger partial charge in [0.05, 0.1) is 7.11 Å². The van der Waals surface area contributed by atoms with Crippen molar-refractivity contribution in [2.24, 2.45) is 5.92 Å². The van der Waals surface area contributed by atoms with Crippen LogP contribution < -0.4 is 20.1 Å². The Labute approximate surface area is 172 Å². The van der Waals surface area contributed by atoms with Crippen molar-refractivity contribution in [1.82, 2.24) is 0 Å². The highest BCUT2D eigenvalue weighted by atomic mass is 16.5. The quantitative estimate of drug-likeness (QED) is 0.566. The van der Waals surface area contributed by atoms with E-state index in [-0.39, 0.29) is 24.3 Å². The van der Waals surface area contributed by atoms with Crippen LogP contribution in [0.5, 0.6) is 11.5 Å². The van der Waals surface area contributed by atoms with E-state index in [1.54, 1.807) is 37.4 Å². The summed E-state index contributed by atoms with van der Waals surface area (Å²) < 4.78 is 10.7. The van der Waals surface area contributed by atoms with Crippen molar-refractivity contribution in [3.63, 3.8) is 0 Å². The highest BCUT2D eigenvalue weighted by Gasteiger charge is 2.16. The number of ether oxygens (including phenoxy) is 2. The molecule has 6 nitrogen and oxygen atoms in total. The fourth-order valence-corrected chi connectivity index (χ4v) is 2.97. The average Bonchev–Trinajstić information content (AvgIpc) is 2.73. The molecule has 156 valence electrons. The Bertz CT molecular complexity index is 807. The zero-order valence-corrected chi connectivity index (χ0v) is 17.4. The van der Waals surface area contributed by atoms with Crippen LogP contribution in [0, 0.1) is 5.92 Å². The van der Waals surface area contributed by atoms with Crippen LogP contribution >= 0.6 is 0 Å². The van der Waals surface area contributed by atoms with Crippen LogP contribution in [0.25, 0.3) is 0 Å². The predicted molar refractivity (Wildman–Crippen MR) is 115 cm³/mol. The molecular formula is C23H30N2O4. The van der Waals surface area contributed by atoms with Gasteiger partial charge in [-0.25, -0.2) is 0 Å². The van der Waals surface area contributed by atoms with Gasteiger partial charge >= 0.3 is 0 Å². The van der Waals surface area contributed by atoms with E-state index in [0.29, 0.717) is 22.9 Å². The molecule has 0 saturated heterocycles. The Morgan fingerprint density at radius 1 is 0.966 bits per heavy atom. The lowest BCUT2D eigenvalue weighted by Crippen LogP contribution is -2.23. The minimum atomic E-state index is -0.297. The van der Waals surface area contributed by atoms with Crippen molar-refractivity contribution in [3.05, 3.63) is 48.5 Å². The molecule has 0 aliphatic carbocycles. The van der Waals surface area contributed by atoms with Crippen molar-refractivity contribution in [3.8, 4) is 11.5 Å². The van der Waals surface area contributed by atoms with Crippen LogP contribution in [0.15, 0.2) is 48.5 Å². The molecule has 2 rings (SSSR count). The molecule has 2 amide bonds. The second-order valence-electron chi connectivity index (χ2n) is 6.81. The number of carbonyl (C=O) groups excluding carboxylic acids is 2. The van der Waals surface area contributed by atoms with Gasteiger partial charge < -0.3 is 20.1 Å². The SMILES string of the molecule is CCCCC(CC)C(=O)Nc1cccc(NC(=O)COc2ccccc2OC)c1. The topological polar surface area (TPSA) is 76.7 Å². The second-order valence-corrected chi connectivity index (χ2v) is 6.81. The van der Waals surface area contributed by atoms with E-state index in [9.17, 15) is 9.59 Å². The number of unbranched alkanes of at least 4 members (excludes halogenated alkanes) is 1. The van der Waals surface area contributed by atoms with E-state index in [2.05, 4.69) is 17.6 Å². The molecule has 0 spiro atoms. The summed E-state index contributed by atoms with van der Waals surface area (Å²) in [7, 11) is 1.55. The molecule has 1 atom stereocenters. The zero-order chi connectivity index (χ0) is 21.1. The van der Waals surface area contributed by atoms with Gasteiger partial charge in [0, 0.05) is 17.3 Å². The van der Waals surface area contributed by atoms with Crippen LogP contribution in [0.4, 0.5) is 11.4 Å². The van der Waals surface area contributed by atoms with Crippen molar-refractivity contribution < 1.29 is 19.1 Å². The molecule has 1 unspecified atom stereocenters. The zero-order valence-electron chi connectivity index (χ0n) is 17.4. The molecule has 2 aromatic rings. The van der Waals surface area contributed by atoms with E-state index in [0.717, 1.165) is 25.7 Å². The number of hydrogen-bond acceptors (Lipinski definition) is 4. The van der Waals surface area contributed by atoms with E-state index >= 15 is 0 Å². The fourth-order valence-electron chi connectivity index (χ4n) is 2.97. The summed E-state index contributed by atoms with van der Waals surface area (Å²) in [6.45, 7) is 4.00. The first kappa shape index (κ1) is 22.3. The van der Waals surface area contributed by atoms with Gasteiger partial charge in [0.1, 0.15) is 0 Å². The van der Waals surface area contributed by atoms with Crippen molar-refractivity contribution in [1.29, 1.82) is 0 Å². The molecule has 6 heteroatoms. The number of benzene rings is 2. The molecule has 0 fully saturated rings.